The largest absolute Gasteiger partial charge is 0.378 e. The predicted molar refractivity (Wildman–Crippen MR) is 61.2 cm³/mol. The number of alkyl halides is 1. The number of carbonyl (C=O) groups is 1. The summed E-state index contributed by atoms with van der Waals surface area (Å²) in [5, 5.41) is 0. The summed E-state index contributed by atoms with van der Waals surface area (Å²) in [7, 11) is 1.81. The number of halogens is 1. The lowest BCUT2D eigenvalue weighted by molar-refractivity contribution is -0.131. The Balaban J connectivity index is 2.22. The topological polar surface area (TPSA) is 29.5 Å². The first-order valence-corrected chi connectivity index (χ1v) is 6.11. The lowest BCUT2D eigenvalue weighted by Gasteiger charge is -2.23. The molecule has 15 heavy (non-hydrogen) atoms. The van der Waals surface area contributed by atoms with Gasteiger partial charge >= 0.3 is 0 Å². The van der Waals surface area contributed by atoms with Crippen LogP contribution in [0.3, 0.4) is 0 Å². The van der Waals surface area contributed by atoms with Crippen molar-refractivity contribution < 1.29 is 9.53 Å². The normalized spacial score (nSPS) is 22.7. The van der Waals surface area contributed by atoms with Crippen LogP contribution in [0.1, 0.15) is 32.6 Å². The summed E-state index contributed by atoms with van der Waals surface area (Å²) in [6.45, 7) is 2.81. The van der Waals surface area contributed by atoms with E-state index in [9.17, 15) is 4.79 Å². The monoisotopic (exact) mass is 233 g/mol. The van der Waals surface area contributed by atoms with Gasteiger partial charge in [0.2, 0.25) is 5.91 Å². The molecule has 1 rings (SSSR count). The van der Waals surface area contributed by atoms with Gasteiger partial charge < -0.3 is 9.64 Å². The van der Waals surface area contributed by atoms with Crippen LogP contribution < -0.4 is 0 Å². The van der Waals surface area contributed by atoms with E-state index in [1.165, 1.54) is 0 Å². The van der Waals surface area contributed by atoms with Crippen molar-refractivity contribution in [2.75, 3.05) is 19.5 Å². The van der Waals surface area contributed by atoms with E-state index in [2.05, 4.69) is 0 Å². The SMILES string of the molecule is CC(CCl)N(C)C(=O)CCC1CCCO1. The molecule has 1 fully saturated rings. The van der Waals surface area contributed by atoms with E-state index in [1.54, 1.807) is 4.90 Å². The molecule has 0 radical (unpaired) electrons. The Hall–Kier alpha value is -0.280. The number of carbonyl (C=O) groups excluding carboxylic acids is 1. The molecule has 0 aromatic rings. The first-order chi connectivity index (χ1) is 7.15. The van der Waals surface area contributed by atoms with Crippen LogP contribution in [0.2, 0.25) is 0 Å². The summed E-state index contributed by atoms with van der Waals surface area (Å²) >= 11 is 5.70. The van der Waals surface area contributed by atoms with E-state index in [-0.39, 0.29) is 11.9 Å². The minimum atomic E-state index is 0.115. The quantitative estimate of drug-likeness (QED) is 0.680. The van der Waals surface area contributed by atoms with E-state index in [0.717, 1.165) is 25.9 Å². The summed E-state index contributed by atoms with van der Waals surface area (Å²) in [4.78, 5) is 13.4. The molecule has 0 aromatic heterocycles. The van der Waals surface area contributed by atoms with Crippen molar-refractivity contribution in [1.82, 2.24) is 4.90 Å². The molecule has 1 saturated heterocycles. The molecular weight excluding hydrogens is 214 g/mol. The van der Waals surface area contributed by atoms with Gasteiger partial charge in [-0.2, -0.15) is 0 Å². The van der Waals surface area contributed by atoms with Gasteiger partial charge in [0, 0.05) is 32.0 Å². The number of hydrogen-bond donors (Lipinski definition) is 0. The maximum absolute atomic E-state index is 11.7. The highest BCUT2D eigenvalue weighted by Gasteiger charge is 2.19. The van der Waals surface area contributed by atoms with Crippen molar-refractivity contribution in [3.8, 4) is 0 Å². The van der Waals surface area contributed by atoms with E-state index >= 15 is 0 Å². The van der Waals surface area contributed by atoms with Gasteiger partial charge in [0.15, 0.2) is 0 Å². The summed E-state index contributed by atoms with van der Waals surface area (Å²) in [5.41, 5.74) is 0. The molecule has 1 heterocycles. The highest BCUT2D eigenvalue weighted by atomic mass is 35.5. The molecule has 4 heteroatoms. The van der Waals surface area contributed by atoms with Crippen LogP contribution in [0.5, 0.6) is 0 Å². The van der Waals surface area contributed by atoms with Crippen molar-refractivity contribution in [3.63, 3.8) is 0 Å². The summed E-state index contributed by atoms with van der Waals surface area (Å²) < 4.78 is 5.47. The van der Waals surface area contributed by atoms with Crippen LogP contribution in [0.15, 0.2) is 0 Å². The lowest BCUT2D eigenvalue weighted by Crippen LogP contribution is -2.36. The Morgan fingerprint density at radius 3 is 2.93 bits per heavy atom. The molecule has 0 aliphatic carbocycles. The molecule has 1 aliphatic rings. The minimum Gasteiger partial charge on any atom is -0.378 e. The molecule has 0 N–H and O–H groups in total. The number of nitrogens with zero attached hydrogens (tertiary/aromatic N) is 1. The van der Waals surface area contributed by atoms with Crippen LogP contribution in [0.25, 0.3) is 0 Å². The molecule has 0 aromatic carbocycles. The van der Waals surface area contributed by atoms with E-state index in [1.807, 2.05) is 14.0 Å². The van der Waals surface area contributed by atoms with Crippen molar-refractivity contribution in [3.05, 3.63) is 0 Å². The molecule has 2 atom stereocenters. The molecule has 0 bridgehead atoms. The van der Waals surface area contributed by atoms with Gasteiger partial charge in [-0.25, -0.2) is 0 Å². The fourth-order valence-corrected chi connectivity index (χ4v) is 1.89. The standard InChI is InChI=1S/C11H20ClNO2/c1-9(8-12)13(2)11(14)6-5-10-4-3-7-15-10/h9-10H,3-8H2,1-2H3. The highest BCUT2D eigenvalue weighted by molar-refractivity contribution is 6.18. The zero-order valence-electron chi connectivity index (χ0n) is 9.54. The second-order valence-electron chi connectivity index (χ2n) is 4.18. The van der Waals surface area contributed by atoms with Gasteiger partial charge in [-0.15, -0.1) is 11.6 Å². The zero-order chi connectivity index (χ0) is 11.3. The van der Waals surface area contributed by atoms with Crippen molar-refractivity contribution in [2.45, 2.75) is 44.8 Å². The smallest absolute Gasteiger partial charge is 0.222 e. The second-order valence-corrected chi connectivity index (χ2v) is 4.49. The van der Waals surface area contributed by atoms with Crippen molar-refractivity contribution in [2.24, 2.45) is 0 Å². The fourth-order valence-electron chi connectivity index (χ4n) is 1.68. The predicted octanol–water partition coefficient (Wildman–Crippen LogP) is 2.03. The number of hydrogen-bond acceptors (Lipinski definition) is 2. The fraction of sp³-hybridized carbons (Fsp3) is 0.909. The molecule has 1 aliphatic heterocycles. The minimum absolute atomic E-state index is 0.115. The first kappa shape index (κ1) is 12.8. The maximum atomic E-state index is 11.7. The molecule has 1 amide bonds. The second kappa shape index (κ2) is 6.33. The van der Waals surface area contributed by atoms with Crippen LogP contribution in [0, 0.1) is 0 Å². The van der Waals surface area contributed by atoms with Crippen LogP contribution in [0.4, 0.5) is 0 Å². The molecule has 2 unspecified atom stereocenters. The molecule has 88 valence electrons. The Morgan fingerprint density at radius 1 is 1.67 bits per heavy atom. The third kappa shape index (κ3) is 3.99. The molecule has 3 nitrogen and oxygen atoms in total. The Labute approximate surface area is 96.7 Å². The lowest BCUT2D eigenvalue weighted by atomic mass is 10.1. The van der Waals surface area contributed by atoms with Gasteiger partial charge in [-0.05, 0) is 26.2 Å². The molecule has 0 saturated carbocycles. The third-order valence-electron chi connectivity index (χ3n) is 2.98. The van der Waals surface area contributed by atoms with E-state index in [0.29, 0.717) is 18.4 Å². The average Bonchev–Trinajstić information content (AvgIpc) is 2.76. The summed E-state index contributed by atoms with van der Waals surface area (Å²) in [6, 6.07) is 0.115. The number of ether oxygens (including phenoxy) is 1. The third-order valence-corrected chi connectivity index (χ3v) is 3.43. The Kier molecular flexibility index (Phi) is 5.40. The molecule has 0 spiro atoms. The Bertz CT molecular complexity index is 205. The van der Waals surface area contributed by atoms with Crippen LogP contribution in [-0.2, 0) is 9.53 Å². The first-order valence-electron chi connectivity index (χ1n) is 5.58. The average molecular weight is 234 g/mol. The molecular formula is C11H20ClNO2. The van der Waals surface area contributed by atoms with Gasteiger partial charge in [-0.1, -0.05) is 0 Å². The van der Waals surface area contributed by atoms with E-state index < -0.39 is 0 Å². The van der Waals surface area contributed by atoms with Crippen molar-refractivity contribution in [1.29, 1.82) is 0 Å². The van der Waals surface area contributed by atoms with Crippen LogP contribution in [-0.4, -0.2) is 42.5 Å². The van der Waals surface area contributed by atoms with Crippen molar-refractivity contribution >= 4 is 17.5 Å². The zero-order valence-corrected chi connectivity index (χ0v) is 10.3. The van der Waals surface area contributed by atoms with Crippen LogP contribution >= 0.6 is 11.6 Å². The highest BCUT2D eigenvalue weighted by Crippen LogP contribution is 2.17. The summed E-state index contributed by atoms with van der Waals surface area (Å²) in [5.74, 6) is 0.654. The number of rotatable bonds is 5. The number of amides is 1. The maximum Gasteiger partial charge on any atom is 0.222 e. The van der Waals surface area contributed by atoms with E-state index in [4.69, 9.17) is 16.3 Å². The van der Waals surface area contributed by atoms with Gasteiger partial charge in [0.1, 0.15) is 0 Å². The van der Waals surface area contributed by atoms with Gasteiger partial charge in [0.05, 0.1) is 6.10 Å². The summed E-state index contributed by atoms with van der Waals surface area (Å²) in [6.07, 6.45) is 3.95. The van der Waals surface area contributed by atoms with Gasteiger partial charge in [0.25, 0.3) is 0 Å². The van der Waals surface area contributed by atoms with Gasteiger partial charge in [-0.3, -0.25) is 4.79 Å². The Morgan fingerprint density at radius 2 is 2.40 bits per heavy atom.